The Bertz CT molecular complexity index is 472. The molecular weight excluding hydrogens is 294 g/mol. The van der Waals surface area contributed by atoms with Gasteiger partial charge < -0.3 is 5.11 Å². The summed E-state index contributed by atoms with van der Waals surface area (Å²) < 4.78 is 26.6. The number of hydrogen-bond acceptors (Lipinski definition) is 4. The maximum Gasteiger partial charge on any atom is 0.240 e. The normalized spacial score (nSPS) is 15.3. The van der Waals surface area contributed by atoms with E-state index in [0.29, 0.717) is 5.02 Å². The molecule has 0 aromatic heterocycles. The molecule has 1 aromatic rings. The number of aliphatic hydroxyl groups excluding tert-OH is 1. The van der Waals surface area contributed by atoms with E-state index in [4.69, 9.17) is 16.7 Å². The van der Waals surface area contributed by atoms with Crippen molar-refractivity contribution < 1.29 is 13.5 Å². The van der Waals surface area contributed by atoms with Gasteiger partial charge in [-0.25, -0.2) is 13.1 Å². The van der Waals surface area contributed by atoms with Crippen LogP contribution in [-0.4, -0.2) is 37.7 Å². The molecule has 0 aliphatic carbocycles. The van der Waals surface area contributed by atoms with Crippen LogP contribution in [0.4, 0.5) is 0 Å². The Morgan fingerprint density at radius 2 is 1.94 bits per heavy atom. The minimum Gasteiger partial charge on any atom is -0.395 e. The predicted octanol–water partition coefficient (Wildman–Crippen LogP) is 1.73. The van der Waals surface area contributed by atoms with Crippen LogP contribution in [0, 0.1) is 0 Å². The minimum absolute atomic E-state index is 0.0779. The van der Waals surface area contributed by atoms with Gasteiger partial charge in [0.1, 0.15) is 0 Å². The van der Waals surface area contributed by atoms with E-state index < -0.39 is 10.0 Å². The lowest BCUT2D eigenvalue weighted by Gasteiger charge is -2.21. The summed E-state index contributed by atoms with van der Waals surface area (Å²) in [6, 6.07) is 5.60. The second-order valence-electron chi connectivity index (χ2n) is 3.82. The molecule has 0 aliphatic rings. The van der Waals surface area contributed by atoms with Crippen LogP contribution in [0.2, 0.25) is 5.02 Å². The fourth-order valence-electron chi connectivity index (χ4n) is 1.44. The molecule has 2 atom stereocenters. The zero-order valence-electron chi connectivity index (χ0n) is 10.1. The summed E-state index contributed by atoms with van der Waals surface area (Å²) in [7, 11) is -3.57. The van der Waals surface area contributed by atoms with Gasteiger partial charge in [-0.3, -0.25) is 0 Å². The van der Waals surface area contributed by atoms with E-state index in [0.717, 1.165) is 0 Å². The van der Waals surface area contributed by atoms with Gasteiger partial charge in [-0.05, 0) is 37.4 Å². The molecule has 0 saturated carbocycles. The average Bonchev–Trinajstić information content (AvgIpc) is 2.30. The third kappa shape index (κ3) is 4.13. The van der Waals surface area contributed by atoms with Crippen LogP contribution in [0.15, 0.2) is 29.2 Å². The summed E-state index contributed by atoms with van der Waals surface area (Å²) in [5.41, 5.74) is 0. The van der Waals surface area contributed by atoms with Crippen molar-refractivity contribution in [3.8, 4) is 0 Å². The molecule has 0 amide bonds. The van der Waals surface area contributed by atoms with E-state index in [1.54, 1.807) is 6.92 Å². The van der Waals surface area contributed by atoms with Crippen molar-refractivity contribution in [2.45, 2.75) is 23.1 Å². The summed E-state index contributed by atoms with van der Waals surface area (Å²) in [6.07, 6.45) is 1.83. The quantitative estimate of drug-likeness (QED) is 0.840. The second kappa shape index (κ2) is 6.77. The van der Waals surface area contributed by atoms with Crippen LogP contribution in [0.25, 0.3) is 0 Å². The van der Waals surface area contributed by atoms with Gasteiger partial charge in [0.2, 0.25) is 10.0 Å². The van der Waals surface area contributed by atoms with Crippen molar-refractivity contribution in [2.75, 3.05) is 12.9 Å². The molecule has 0 heterocycles. The highest BCUT2D eigenvalue weighted by Crippen LogP contribution is 2.16. The van der Waals surface area contributed by atoms with E-state index in [1.165, 1.54) is 36.0 Å². The standard InChI is InChI=1S/C11H16ClNO3S2/c1-8(11(7-14)17-2)13-18(15,16)10-5-3-9(12)4-6-10/h3-6,8,11,13-14H,7H2,1-2H3/t8-,11-/m1/s1. The first-order chi connectivity index (χ1) is 8.40. The maximum atomic E-state index is 12.0. The zero-order valence-corrected chi connectivity index (χ0v) is 12.5. The molecule has 1 aromatic carbocycles. The summed E-state index contributed by atoms with van der Waals surface area (Å²) in [6.45, 7) is 1.65. The van der Waals surface area contributed by atoms with Crippen LogP contribution in [0.5, 0.6) is 0 Å². The van der Waals surface area contributed by atoms with E-state index >= 15 is 0 Å². The van der Waals surface area contributed by atoms with Crippen LogP contribution in [0.1, 0.15) is 6.92 Å². The predicted molar refractivity (Wildman–Crippen MR) is 75.6 cm³/mol. The highest BCUT2D eigenvalue weighted by molar-refractivity contribution is 7.99. The Labute approximate surface area is 117 Å². The second-order valence-corrected chi connectivity index (χ2v) is 7.05. The zero-order chi connectivity index (χ0) is 13.8. The van der Waals surface area contributed by atoms with Crippen LogP contribution in [-0.2, 0) is 10.0 Å². The fourth-order valence-corrected chi connectivity index (χ4v) is 3.56. The van der Waals surface area contributed by atoms with Crippen LogP contribution < -0.4 is 4.72 Å². The molecule has 0 unspecified atom stereocenters. The molecule has 0 radical (unpaired) electrons. The molecule has 4 nitrogen and oxygen atoms in total. The number of hydrogen-bond donors (Lipinski definition) is 2. The van der Waals surface area contributed by atoms with Crippen molar-refractivity contribution in [1.82, 2.24) is 4.72 Å². The van der Waals surface area contributed by atoms with Gasteiger partial charge in [0.05, 0.1) is 11.5 Å². The summed E-state index contributed by atoms with van der Waals surface area (Å²) >= 11 is 7.13. The van der Waals surface area contributed by atoms with Gasteiger partial charge in [0, 0.05) is 16.3 Å². The van der Waals surface area contributed by atoms with E-state index in [9.17, 15) is 8.42 Å². The summed E-state index contributed by atoms with van der Waals surface area (Å²) in [5, 5.41) is 9.44. The molecule has 0 bridgehead atoms. The third-order valence-electron chi connectivity index (χ3n) is 2.51. The molecule has 0 saturated heterocycles. The molecule has 7 heteroatoms. The van der Waals surface area contributed by atoms with Crippen molar-refractivity contribution in [2.24, 2.45) is 0 Å². The Kier molecular flexibility index (Phi) is 5.94. The number of sulfonamides is 1. The minimum atomic E-state index is -3.57. The lowest BCUT2D eigenvalue weighted by atomic mass is 10.3. The topological polar surface area (TPSA) is 66.4 Å². The Morgan fingerprint density at radius 1 is 1.39 bits per heavy atom. The number of aliphatic hydroxyl groups is 1. The Morgan fingerprint density at radius 3 is 2.39 bits per heavy atom. The number of halogens is 1. The molecule has 2 N–H and O–H groups in total. The fraction of sp³-hybridized carbons (Fsp3) is 0.455. The number of nitrogens with one attached hydrogen (secondary N) is 1. The van der Waals surface area contributed by atoms with E-state index in [-0.39, 0.29) is 22.8 Å². The monoisotopic (exact) mass is 309 g/mol. The largest absolute Gasteiger partial charge is 0.395 e. The average molecular weight is 310 g/mol. The van der Waals surface area contributed by atoms with Gasteiger partial charge in [0.25, 0.3) is 0 Å². The van der Waals surface area contributed by atoms with Gasteiger partial charge in [-0.15, -0.1) is 0 Å². The molecular formula is C11H16ClNO3S2. The first-order valence-electron chi connectivity index (χ1n) is 5.32. The third-order valence-corrected chi connectivity index (χ3v) is 5.50. The molecule has 102 valence electrons. The van der Waals surface area contributed by atoms with Gasteiger partial charge >= 0.3 is 0 Å². The number of rotatable bonds is 6. The van der Waals surface area contributed by atoms with E-state index in [2.05, 4.69) is 4.72 Å². The van der Waals surface area contributed by atoms with E-state index in [1.807, 2.05) is 6.26 Å². The first kappa shape index (κ1) is 15.8. The summed E-state index contributed by atoms with van der Waals surface area (Å²) in [5.74, 6) is 0. The van der Waals surface area contributed by atoms with Crippen molar-refractivity contribution >= 4 is 33.4 Å². The van der Waals surface area contributed by atoms with Crippen LogP contribution >= 0.6 is 23.4 Å². The lowest BCUT2D eigenvalue weighted by molar-refractivity contribution is 0.282. The van der Waals surface area contributed by atoms with Crippen molar-refractivity contribution in [3.05, 3.63) is 29.3 Å². The highest BCUT2D eigenvalue weighted by Gasteiger charge is 2.22. The van der Waals surface area contributed by atoms with Gasteiger partial charge in [-0.2, -0.15) is 11.8 Å². The summed E-state index contributed by atoms with van der Waals surface area (Å²) in [4.78, 5) is 0.163. The van der Waals surface area contributed by atoms with Crippen molar-refractivity contribution in [1.29, 1.82) is 0 Å². The molecule has 0 aliphatic heterocycles. The SMILES string of the molecule is CS[C@H](CO)[C@@H](C)NS(=O)(=O)c1ccc(Cl)cc1. The number of thioether (sulfide) groups is 1. The molecule has 0 fully saturated rings. The maximum absolute atomic E-state index is 12.0. The van der Waals surface area contributed by atoms with Gasteiger partial charge in [-0.1, -0.05) is 11.6 Å². The van der Waals surface area contributed by atoms with Crippen LogP contribution in [0.3, 0.4) is 0 Å². The van der Waals surface area contributed by atoms with Crippen molar-refractivity contribution in [3.63, 3.8) is 0 Å². The Hall–Kier alpha value is -0.270. The molecule has 1 rings (SSSR count). The lowest BCUT2D eigenvalue weighted by Crippen LogP contribution is -2.41. The molecule has 18 heavy (non-hydrogen) atoms. The first-order valence-corrected chi connectivity index (χ1v) is 8.47. The molecule has 0 spiro atoms. The number of benzene rings is 1. The Balaban J connectivity index is 2.85. The smallest absolute Gasteiger partial charge is 0.240 e. The highest BCUT2D eigenvalue weighted by atomic mass is 35.5. The van der Waals surface area contributed by atoms with Gasteiger partial charge in [0.15, 0.2) is 0 Å².